The van der Waals surface area contributed by atoms with Crippen molar-refractivity contribution in [3.8, 4) is 0 Å². The van der Waals surface area contributed by atoms with Crippen molar-refractivity contribution >= 4 is 21.6 Å². The number of sulfonamides is 1. The molecule has 1 aromatic rings. The van der Waals surface area contributed by atoms with E-state index in [1.807, 2.05) is 0 Å². The fourth-order valence-electron chi connectivity index (χ4n) is 1.83. The van der Waals surface area contributed by atoms with Crippen LogP contribution in [0.4, 0.5) is 0 Å². The highest BCUT2D eigenvalue weighted by atomic mass is 35.5. The Morgan fingerprint density at radius 3 is 2.75 bits per heavy atom. The third-order valence-corrected chi connectivity index (χ3v) is 5.45. The van der Waals surface area contributed by atoms with Crippen LogP contribution in [0.15, 0.2) is 35.7 Å². The number of rotatable bonds is 7. The molecule has 1 fully saturated rings. The lowest BCUT2D eigenvalue weighted by Crippen LogP contribution is -2.27. The minimum absolute atomic E-state index is 0.210. The van der Waals surface area contributed by atoms with Gasteiger partial charge in [-0.25, -0.2) is 8.42 Å². The van der Waals surface area contributed by atoms with E-state index in [0.717, 1.165) is 5.56 Å². The van der Waals surface area contributed by atoms with Gasteiger partial charge < -0.3 is 5.32 Å². The van der Waals surface area contributed by atoms with Gasteiger partial charge in [-0.15, -0.1) is 6.58 Å². The van der Waals surface area contributed by atoms with E-state index in [1.165, 1.54) is 30.3 Å². The third kappa shape index (κ3) is 3.61. The fourth-order valence-corrected chi connectivity index (χ4v) is 3.31. The zero-order chi connectivity index (χ0) is 14.8. The molecule has 2 rings (SSSR count). The summed E-state index contributed by atoms with van der Waals surface area (Å²) in [5.41, 5.74) is 0.920. The summed E-state index contributed by atoms with van der Waals surface area (Å²) in [5, 5.41) is 3.84. The molecule has 20 heavy (non-hydrogen) atoms. The summed E-state index contributed by atoms with van der Waals surface area (Å²) in [6.07, 6.45) is 3.96. The number of hydrogen-bond donors (Lipinski definition) is 1. The first-order valence-corrected chi connectivity index (χ1v) is 8.36. The van der Waals surface area contributed by atoms with E-state index in [4.69, 9.17) is 11.6 Å². The molecule has 0 unspecified atom stereocenters. The smallest absolute Gasteiger partial charge is 0.243 e. The normalized spacial score (nSPS) is 15.6. The lowest BCUT2D eigenvalue weighted by atomic mass is 10.2. The van der Waals surface area contributed by atoms with Crippen LogP contribution in [0.2, 0.25) is 5.02 Å². The SMILES string of the molecule is C=CCN(C)S(=O)(=O)c1ccc(CNC2CC2)c(Cl)c1. The van der Waals surface area contributed by atoms with Crippen LogP contribution in [0.1, 0.15) is 18.4 Å². The molecule has 0 amide bonds. The molecule has 0 heterocycles. The monoisotopic (exact) mass is 314 g/mol. The molecule has 0 spiro atoms. The summed E-state index contributed by atoms with van der Waals surface area (Å²) in [7, 11) is -1.98. The number of halogens is 1. The first kappa shape index (κ1) is 15.5. The number of benzene rings is 1. The third-order valence-electron chi connectivity index (χ3n) is 3.28. The van der Waals surface area contributed by atoms with E-state index in [1.54, 1.807) is 18.2 Å². The second kappa shape index (κ2) is 6.26. The quantitative estimate of drug-likeness (QED) is 0.786. The largest absolute Gasteiger partial charge is 0.310 e. The predicted octanol–water partition coefficient (Wildman–Crippen LogP) is 2.40. The van der Waals surface area contributed by atoms with E-state index < -0.39 is 10.0 Å². The second-order valence-corrected chi connectivity index (χ2v) is 7.43. The van der Waals surface area contributed by atoms with Crippen LogP contribution in [0.3, 0.4) is 0 Å². The van der Waals surface area contributed by atoms with Gasteiger partial charge in [-0.05, 0) is 30.5 Å². The van der Waals surface area contributed by atoms with Crippen molar-refractivity contribution < 1.29 is 8.42 Å². The lowest BCUT2D eigenvalue weighted by molar-refractivity contribution is 0.499. The van der Waals surface area contributed by atoms with Gasteiger partial charge in [0.15, 0.2) is 0 Å². The average molecular weight is 315 g/mol. The van der Waals surface area contributed by atoms with Crippen molar-refractivity contribution in [2.45, 2.75) is 30.3 Å². The molecule has 0 saturated heterocycles. The maximum absolute atomic E-state index is 12.3. The Hall–Kier alpha value is -0.880. The molecule has 1 aromatic carbocycles. The van der Waals surface area contributed by atoms with E-state index in [-0.39, 0.29) is 11.4 Å². The molecule has 1 aliphatic rings. The van der Waals surface area contributed by atoms with Crippen LogP contribution >= 0.6 is 11.6 Å². The average Bonchev–Trinajstić information content (AvgIpc) is 3.21. The first-order chi connectivity index (χ1) is 9.45. The molecular formula is C14H19ClN2O2S. The summed E-state index contributed by atoms with van der Waals surface area (Å²) >= 11 is 6.18. The van der Waals surface area contributed by atoms with Crippen molar-refractivity contribution in [2.75, 3.05) is 13.6 Å². The van der Waals surface area contributed by atoms with Crippen LogP contribution in [-0.4, -0.2) is 32.4 Å². The van der Waals surface area contributed by atoms with Gasteiger partial charge in [-0.2, -0.15) is 4.31 Å². The number of hydrogen-bond acceptors (Lipinski definition) is 3. The van der Waals surface area contributed by atoms with Crippen molar-refractivity contribution in [3.05, 3.63) is 41.4 Å². The van der Waals surface area contributed by atoms with Gasteiger partial charge in [-0.3, -0.25) is 0 Å². The Morgan fingerprint density at radius 2 is 2.20 bits per heavy atom. The fraction of sp³-hybridized carbons (Fsp3) is 0.429. The zero-order valence-corrected chi connectivity index (χ0v) is 13.0. The lowest BCUT2D eigenvalue weighted by Gasteiger charge is -2.16. The Balaban J connectivity index is 2.16. The maximum atomic E-state index is 12.3. The molecule has 1 N–H and O–H groups in total. The maximum Gasteiger partial charge on any atom is 0.243 e. The zero-order valence-electron chi connectivity index (χ0n) is 11.5. The van der Waals surface area contributed by atoms with Gasteiger partial charge in [0.2, 0.25) is 10.0 Å². The number of likely N-dealkylation sites (N-methyl/N-ethyl adjacent to an activating group) is 1. The Labute approximate surface area is 125 Å². The van der Waals surface area contributed by atoms with Crippen LogP contribution in [0.5, 0.6) is 0 Å². The summed E-state index contributed by atoms with van der Waals surface area (Å²) < 4.78 is 25.8. The highest BCUT2D eigenvalue weighted by Crippen LogP contribution is 2.24. The van der Waals surface area contributed by atoms with Gasteiger partial charge in [-0.1, -0.05) is 23.7 Å². The molecule has 1 saturated carbocycles. The van der Waals surface area contributed by atoms with Crippen LogP contribution in [-0.2, 0) is 16.6 Å². The van der Waals surface area contributed by atoms with E-state index in [9.17, 15) is 8.42 Å². The molecule has 6 heteroatoms. The van der Waals surface area contributed by atoms with Crippen LogP contribution < -0.4 is 5.32 Å². The molecule has 4 nitrogen and oxygen atoms in total. The molecule has 0 atom stereocenters. The second-order valence-electron chi connectivity index (χ2n) is 4.98. The summed E-state index contributed by atoms with van der Waals surface area (Å²) in [6.45, 7) is 4.49. The van der Waals surface area contributed by atoms with E-state index in [2.05, 4.69) is 11.9 Å². The Kier molecular flexibility index (Phi) is 4.86. The summed E-state index contributed by atoms with van der Waals surface area (Å²) in [6, 6.07) is 5.48. The topological polar surface area (TPSA) is 49.4 Å². The molecule has 110 valence electrons. The van der Waals surface area contributed by atoms with Crippen molar-refractivity contribution in [2.24, 2.45) is 0 Å². The summed E-state index contributed by atoms with van der Waals surface area (Å²) in [4.78, 5) is 0.210. The minimum Gasteiger partial charge on any atom is -0.310 e. The molecular weight excluding hydrogens is 296 g/mol. The van der Waals surface area contributed by atoms with Gasteiger partial charge >= 0.3 is 0 Å². The van der Waals surface area contributed by atoms with Gasteiger partial charge in [0.05, 0.1) is 4.90 Å². The molecule has 0 aliphatic heterocycles. The van der Waals surface area contributed by atoms with Gasteiger partial charge in [0.1, 0.15) is 0 Å². The standard InChI is InChI=1S/C14H19ClN2O2S/c1-3-8-17(2)20(18,19)13-7-4-11(14(15)9-13)10-16-12-5-6-12/h3-4,7,9,12,16H,1,5-6,8,10H2,2H3. The molecule has 1 aliphatic carbocycles. The van der Waals surface area contributed by atoms with Crippen molar-refractivity contribution in [1.29, 1.82) is 0 Å². The highest BCUT2D eigenvalue weighted by molar-refractivity contribution is 7.89. The highest BCUT2D eigenvalue weighted by Gasteiger charge is 2.22. The van der Waals surface area contributed by atoms with E-state index >= 15 is 0 Å². The van der Waals surface area contributed by atoms with E-state index in [0.29, 0.717) is 17.6 Å². The van der Waals surface area contributed by atoms with Gasteiger partial charge in [0.25, 0.3) is 0 Å². The molecule has 0 radical (unpaired) electrons. The van der Waals surface area contributed by atoms with Crippen LogP contribution in [0, 0.1) is 0 Å². The molecule has 0 aromatic heterocycles. The first-order valence-electron chi connectivity index (χ1n) is 6.54. The number of nitrogens with zero attached hydrogens (tertiary/aromatic N) is 1. The summed E-state index contributed by atoms with van der Waals surface area (Å²) in [5.74, 6) is 0. The van der Waals surface area contributed by atoms with Gasteiger partial charge in [0, 0.05) is 31.2 Å². The minimum atomic E-state index is -3.50. The predicted molar refractivity (Wildman–Crippen MR) is 81.3 cm³/mol. The number of nitrogens with one attached hydrogen (secondary N) is 1. The van der Waals surface area contributed by atoms with Crippen LogP contribution in [0.25, 0.3) is 0 Å². The Morgan fingerprint density at radius 1 is 1.50 bits per heavy atom. The molecule has 0 bridgehead atoms. The van der Waals surface area contributed by atoms with Crippen molar-refractivity contribution in [3.63, 3.8) is 0 Å². The van der Waals surface area contributed by atoms with Crippen molar-refractivity contribution in [1.82, 2.24) is 9.62 Å². The Bertz CT molecular complexity index is 597.